The topological polar surface area (TPSA) is 67.9 Å². The molecule has 4 rings (SSSR count). The van der Waals surface area contributed by atoms with Gasteiger partial charge >= 0.3 is 0 Å². The first-order valence-corrected chi connectivity index (χ1v) is 10.7. The van der Waals surface area contributed by atoms with Crippen molar-refractivity contribution in [3.8, 4) is 11.5 Å². The Labute approximate surface area is 197 Å². The lowest BCUT2D eigenvalue weighted by atomic mass is 10.0. The van der Waals surface area contributed by atoms with Gasteiger partial charge in [0.05, 0.1) is 31.2 Å². The van der Waals surface area contributed by atoms with Crippen LogP contribution in [0.15, 0.2) is 66.4 Å². The Kier molecular flexibility index (Phi) is 6.11. The summed E-state index contributed by atoms with van der Waals surface area (Å²) in [6.07, 6.45) is 0. The van der Waals surface area contributed by atoms with Gasteiger partial charge in [-0.15, -0.1) is 0 Å². The van der Waals surface area contributed by atoms with E-state index in [2.05, 4.69) is 5.32 Å². The lowest BCUT2D eigenvalue weighted by Crippen LogP contribution is -2.33. The van der Waals surface area contributed by atoms with Crippen LogP contribution in [0.25, 0.3) is 5.57 Å². The molecule has 3 aromatic rings. The second-order valence-corrected chi connectivity index (χ2v) is 8.05. The molecule has 1 N–H and O–H groups in total. The molecular formula is C26H23ClN2O4. The minimum absolute atomic E-state index is 0.145. The van der Waals surface area contributed by atoms with E-state index in [4.69, 9.17) is 21.1 Å². The van der Waals surface area contributed by atoms with Gasteiger partial charge in [0.1, 0.15) is 17.2 Å². The van der Waals surface area contributed by atoms with Gasteiger partial charge in [0.15, 0.2) is 0 Å². The second kappa shape index (κ2) is 9.00. The van der Waals surface area contributed by atoms with Crippen molar-refractivity contribution in [3.05, 3.63) is 88.1 Å². The van der Waals surface area contributed by atoms with Gasteiger partial charge in [-0.2, -0.15) is 0 Å². The molecule has 33 heavy (non-hydrogen) atoms. The van der Waals surface area contributed by atoms with Crippen molar-refractivity contribution in [2.45, 2.75) is 13.8 Å². The lowest BCUT2D eigenvalue weighted by molar-refractivity contribution is -0.120. The van der Waals surface area contributed by atoms with Crippen LogP contribution in [0, 0.1) is 13.8 Å². The fraction of sp³-hybridized carbons (Fsp3) is 0.154. The maximum absolute atomic E-state index is 13.7. The van der Waals surface area contributed by atoms with Gasteiger partial charge in [-0.05, 0) is 66.9 Å². The van der Waals surface area contributed by atoms with Crippen LogP contribution in [0.4, 0.5) is 11.4 Å². The number of amides is 2. The normalized spacial score (nSPS) is 13.5. The molecule has 0 saturated carbocycles. The number of benzene rings is 3. The number of methoxy groups -OCH3 is 2. The van der Waals surface area contributed by atoms with Gasteiger partial charge in [0.25, 0.3) is 11.8 Å². The number of carbonyl (C=O) groups excluding carboxylic acids is 2. The fourth-order valence-electron chi connectivity index (χ4n) is 3.78. The number of rotatable bonds is 6. The highest BCUT2D eigenvalue weighted by atomic mass is 35.5. The molecule has 0 atom stereocenters. The van der Waals surface area contributed by atoms with Crippen LogP contribution in [0.3, 0.4) is 0 Å². The summed E-state index contributed by atoms with van der Waals surface area (Å²) in [5.41, 5.74) is 3.86. The SMILES string of the molecule is COc1ccc(C2=C(Nc3cc(Cl)ccc3OC)C(=O)N(c3cccc(C)c3C)C2=O)cc1. The number of carbonyl (C=O) groups is 2. The van der Waals surface area contributed by atoms with Crippen molar-refractivity contribution in [1.82, 2.24) is 0 Å². The van der Waals surface area contributed by atoms with E-state index in [-0.39, 0.29) is 11.3 Å². The van der Waals surface area contributed by atoms with Gasteiger partial charge in [0.2, 0.25) is 0 Å². The van der Waals surface area contributed by atoms with Crippen LogP contribution in [0.5, 0.6) is 11.5 Å². The average Bonchev–Trinajstić information content (AvgIpc) is 3.05. The molecule has 6 nitrogen and oxygen atoms in total. The summed E-state index contributed by atoms with van der Waals surface area (Å²) in [5.74, 6) is 0.267. The monoisotopic (exact) mass is 462 g/mol. The number of nitrogens with one attached hydrogen (secondary N) is 1. The zero-order valence-electron chi connectivity index (χ0n) is 18.7. The number of hydrogen-bond acceptors (Lipinski definition) is 5. The molecule has 7 heteroatoms. The van der Waals surface area contributed by atoms with E-state index in [1.807, 2.05) is 26.0 Å². The molecule has 0 saturated heterocycles. The number of imide groups is 1. The van der Waals surface area contributed by atoms with E-state index in [1.165, 1.54) is 12.0 Å². The Morgan fingerprint density at radius 2 is 1.61 bits per heavy atom. The first-order valence-electron chi connectivity index (χ1n) is 10.3. The summed E-state index contributed by atoms with van der Waals surface area (Å²) in [4.78, 5) is 28.5. The van der Waals surface area contributed by atoms with Crippen LogP contribution in [-0.4, -0.2) is 26.0 Å². The fourth-order valence-corrected chi connectivity index (χ4v) is 3.95. The summed E-state index contributed by atoms with van der Waals surface area (Å²) < 4.78 is 10.7. The van der Waals surface area contributed by atoms with Gasteiger partial charge in [-0.3, -0.25) is 9.59 Å². The highest BCUT2D eigenvalue weighted by molar-refractivity contribution is 6.46. The van der Waals surface area contributed by atoms with E-state index in [9.17, 15) is 9.59 Å². The highest BCUT2D eigenvalue weighted by Crippen LogP contribution is 2.38. The third kappa shape index (κ3) is 4.05. The molecule has 0 bridgehead atoms. The molecule has 168 valence electrons. The van der Waals surface area contributed by atoms with Crippen molar-refractivity contribution in [2.24, 2.45) is 0 Å². The summed E-state index contributed by atoms with van der Waals surface area (Å²) in [6.45, 7) is 3.83. The standard InChI is InChI=1S/C26H23ClN2O4/c1-15-6-5-7-21(16(15)2)29-25(30)23(17-8-11-19(32-3)12-9-17)24(26(29)31)28-20-14-18(27)10-13-22(20)33-4/h5-14,28H,1-4H3. The first-order chi connectivity index (χ1) is 15.8. The van der Waals surface area contributed by atoms with Gasteiger partial charge in [-0.25, -0.2) is 4.90 Å². The van der Waals surface area contributed by atoms with Crippen LogP contribution < -0.4 is 19.7 Å². The molecular weight excluding hydrogens is 440 g/mol. The maximum Gasteiger partial charge on any atom is 0.282 e. The minimum atomic E-state index is -0.457. The molecule has 3 aromatic carbocycles. The number of halogens is 1. The quantitative estimate of drug-likeness (QED) is 0.499. The van der Waals surface area contributed by atoms with Crippen LogP contribution in [-0.2, 0) is 9.59 Å². The molecule has 0 aliphatic carbocycles. The van der Waals surface area contributed by atoms with E-state index in [1.54, 1.807) is 55.6 Å². The molecule has 0 unspecified atom stereocenters. The molecule has 1 aliphatic rings. The molecule has 0 radical (unpaired) electrons. The summed E-state index contributed by atoms with van der Waals surface area (Å²) in [7, 11) is 3.09. The Morgan fingerprint density at radius 1 is 0.879 bits per heavy atom. The molecule has 0 fully saturated rings. The lowest BCUT2D eigenvalue weighted by Gasteiger charge is -2.19. The Hall–Kier alpha value is -3.77. The van der Waals surface area contributed by atoms with E-state index in [0.717, 1.165) is 11.1 Å². The number of ether oxygens (including phenoxy) is 2. The zero-order chi connectivity index (χ0) is 23.7. The highest BCUT2D eigenvalue weighted by Gasteiger charge is 2.41. The van der Waals surface area contributed by atoms with Crippen LogP contribution >= 0.6 is 11.6 Å². The minimum Gasteiger partial charge on any atom is -0.497 e. The Bertz CT molecular complexity index is 1280. The molecule has 1 aliphatic heterocycles. The van der Waals surface area contributed by atoms with Crippen molar-refractivity contribution in [3.63, 3.8) is 0 Å². The van der Waals surface area contributed by atoms with Crippen LogP contribution in [0.1, 0.15) is 16.7 Å². The Morgan fingerprint density at radius 3 is 2.27 bits per heavy atom. The van der Waals surface area contributed by atoms with Crippen molar-refractivity contribution < 1.29 is 19.1 Å². The molecule has 0 spiro atoms. The second-order valence-electron chi connectivity index (χ2n) is 7.61. The van der Waals surface area contributed by atoms with Crippen molar-refractivity contribution in [2.75, 3.05) is 24.4 Å². The smallest absolute Gasteiger partial charge is 0.282 e. The summed E-state index contributed by atoms with van der Waals surface area (Å²) in [5, 5.41) is 3.59. The van der Waals surface area contributed by atoms with Gasteiger partial charge in [0, 0.05) is 5.02 Å². The zero-order valence-corrected chi connectivity index (χ0v) is 19.5. The predicted octanol–water partition coefficient (Wildman–Crippen LogP) is 5.37. The third-order valence-corrected chi connectivity index (χ3v) is 5.94. The predicted molar refractivity (Wildman–Crippen MR) is 130 cm³/mol. The molecule has 1 heterocycles. The van der Waals surface area contributed by atoms with Gasteiger partial charge < -0.3 is 14.8 Å². The third-order valence-electron chi connectivity index (χ3n) is 5.70. The molecule has 2 amide bonds. The number of nitrogens with zero attached hydrogens (tertiary/aromatic N) is 1. The first kappa shape index (κ1) is 22.4. The van der Waals surface area contributed by atoms with Crippen molar-refractivity contribution >= 4 is 40.4 Å². The number of hydrogen-bond donors (Lipinski definition) is 1. The molecule has 0 aromatic heterocycles. The number of anilines is 2. The summed E-state index contributed by atoms with van der Waals surface area (Å²) >= 11 is 6.19. The van der Waals surface area contributed by atoms with E-state index in [0.29, 0.717) is 33.5 Å². The largest absolute Gasteiger partial charge is 0.497 e. The van der Waals surface area contributed by atoms with E-state index >= 15 is 0 Å². The maximum atomic E-state index is 13.7. The number of aryl methyl sites for hydroxylation is 1. The Balaban J connectivity index is 1.87. The van der Waals surface area contributed by atoms with E-state index < -0.39 is 11.8 Å². The van der Waals surface area contributed by atoms with Gasteiger partial charge in [-0.1, -0.05) is 35.9 Å². The van der Waals surface area contributed by atoms with Crippen molar-refractivity contribution in [1.29, 1.82) is 0 Å². The summed E-state index contributed by atoms with van der Waals surface area (Å²) in [6, 6.07) is 17.6. The average molecular weight is 463 g/mol. The van der Waals surface area contributed by atoms with Crippen LogP contribution in [0.2, 0.25) is 5.02 Å².